The van der Waals surface area contributed by atoms with Crippen molar-refractivity contribution in [3.63, 3.8) is 0 Å². The van der Waals surface area contributed by atoms with Crippen molar-refractivity contribution in [2.24, 2.45) is 0 Å². The van der Waals surface area contributed by atoms with E-state index in [1.54, 1.807) is 0 Å². The van der Waals surface area contributed by atoms with Crippen LogP contribution in [0.2, 0.25) is 0 Å². The first-order chi connectivity index (χ1) is 7.02. The molecule has 5 nitrogen and oxygen atoms in total. The van der Waals surface area contributed by atoms with Gasteiger partial charge in [-0.25, -0.2) is 4.79 Å². The van der Waals surface area contributed by atoms with Crippen molar-refractivity contribution in [3.8, 4) is 0 Å². The molecule has 1 N–H and O–H groups in total. The monoisotopic (exact) mass is 214 g/mol. The molecule has 0 aromatic carbocycles. The van der Waals surface area contributed by atoms with E-state index in [9.17, 15) is 9.59 Å². The van der Waals surface area contributed by atoms with E-state index in [-0.39, 0.29) is 12.1 Å². The summed E-state index contributed by atoms with van der Waals surface area (Å²) in [5.74, 6) is -0.934. The Balaban J connectivity index is 2.89. The van der Waals surface area contributed by atoms with Gasteiger partial charge in [0.05, 0.1) is 0 Å². The molecule has 1 amide bonds. The van der Waals surface area contributed by atoms with Crippen LogP contribution in [0.15, 0.2) is 0 Å². The molecule has 86 valence electrons. The predicted octanol–water partition coefficient (Wildman–Crippen LogP) is 0.0105. The maximum Gasteiger partial charge on any atom is 0.328 e. The highest BCUT2D eigenvalue weighted by Crippen LogP contribution is 2.20. The van der Waals surface area contributed by atoms with Crippen LogP contribution >= 0.6 is 0 Å². The molecule has 5 heteroatoms. The Bertz CT molecular complexity index is 257. The van der Waals surface area contributed by atoms with Gasteiger partial charge in [0.15, 0.2) is 0 Å². The highest BCUT2D eigenvalue weighted by atomic mass is 16.4. The molecule has 0 aromatic heterocycles. The van der Waals surface area contributed by atoms with Crippen molar-refractivity contribution in [1.82, 2.24) is 9.80 Å². The van der Waals surface area contributed by atoms with Crippen molar-refractivity contribution >= 4 is 12.4 Å². The number of carboxylic acids is 1. The summed E-state index contributed by atoms with van der Waals surface area (Å²) >= 11 is 0. The second-order valence-corrected chi connectivity index (χ2v) is 4.05. The summed E-state index contributed by atoms with van der Waals surface area (Å²) in [6.07, 6.45) is 1.56. The van der Waals surface area contributed by atoms with E-state index < -0.39 is 12.0 Å². The fourth-order valence-electron chi connectivity index (χ4n) is 2.19. The van der Waals surface area contributed by atoms with Crippen LogP contribution in [0, 0.1) is 0 Å². The van der Waals surface area contributed by atoms with Gasteiger partial charge in [0.2, 0.25) is 6.41 Å². The largest absolute Gasteiger partial charge is 0.480 e. The Morgan fingerprint density at radius 2 is 2.20 bits per heavy atom. The third kappa shape index (κ3) is 2.12. The molecule has 1 aliphatic rings. The number of hydrogen-bond donors (Lipinski definition) is 1. The smallest absolute Gasteiger partial charge is 0.328 e. The quantitative estimate of drug-likeness (QED) is 0.672. The fraction of sp³-hybridized carbons (Fsp3) is 0.800. The predicted molar refractivity (Wildman–Crippen MR) is 55.5 cm³/mol. The molecule has 2 unspecified atom stereocenters. The van der Waals surface area contributed by atoms with E-state index in [1.807, 2.05) is 25.8 Å². The van der Waals surface area contributed by atoms with Crippen molar-refractivity contribution in [2.45, 2.75) is 38.4 Å². The molecule has 1 fully saturated rings. The molecule has 0 radical (unpaired) electrons. The molecule has 0 saturated carbocycles. The van der Waals surface area contributed by atoms with E-state index in [2.05, 4.69) is 0 Å². The minimum atomic E-state index is -0.934. The van der Waals surface area contributed by atoms with Crippen LogP contribution in [-0.4, -0.2) is 59.0 Å². The number of piperazine rings is 1. The molecule has 1 saturated heterocycles. The number of carbonyl (C=O) groups is 2. The van der Waals surface area contributed by atoms with Gasteiger partial charge in [0.25, 0.3) is 0 Å². The van der Waals surface area contributed by atoms with Crippen LogP contribution in [-0.2, 0) is 9.59 Å². The Morgan fingerprint density at radius 1 is 1.60 bits per heavy atom. The average molecular weight is 214 g/mol. The lowest BCUT2D eigenvalue weighted by atomic mass is 9.98. The minimum absolute atomic E-state index is 0.147. The van der Waals surface area contributed by atoms with E-state index in [0.717, 1.165) is 6.42 Å². The van der Waals surface area contributed by atoms with Crippen LogP contribution in [0.3, 0.4) is 0 Å². The van der Waals surface area contributed by atoms with Gasteiger partial charge < -0.3 is 10.0 Å². The summed E-state index contributed by atoms with van der Waals surface area (Å²) in [5.41, 5.74) is 0. The first kappa shape index (κ1) is 12.0. The maximum absolute atomic E-state index is 11.0. The lowest BCUT2D eigenvalue weighted by Gasteiger charge is -2.46. The van der Waals surface area contributed by atoms with Crippen molar-refractivity contribution in [3.05, 3.63) is 0 Å². The van der Waals surface area contributed by atoms with Gasteiger partial charge in [-0.1, -0.05) is 6.92 Å². The van der Waals surface area contributed by atoms with Gasteiger partial charge >= 0.3 is 5.97 Å². The molecule has 1 aliphatic heterocycles. The topological polar surface area (TPSA) is 60.9 Å². The summed E-state index contributed by atoms with van der Waals surface area (Å²) in [6, 6.07) is -0.623. The number of carboxylic acid groups (broad SMARTS) is 1. The summed E-state index contributed by atoms with van der Waals surface area (Å²) in [6.45, 7) is 4.38. The molecule has 0 aliphatic carbocycles. The maximum atomic E-state index is 11.0. The number of nitrogens with zero attached hydrogens (tertiary/aromatic N) is 2. The van der Waals surface area contributed by atoms with Crippen LogP contribution in [0.4, 0.5) is 0 Å². The van der Waals surface area contributed by atoms with Gasteiger partial charge in [0.1, 0.15) is 6.04 Å². The lowest BCUT2D eigenvalue weighted by molar-refractivity contribution is -0.153. The number of amides is 1. The number of aliphatic carboxylic acids is 1. The standard InChI is InChI=1S/C10H18N2O3/c1-4-8-5-12(6-13)9(10(14)15)7(2)11(8)3/h6-9H,4-5H2,1-3H3,(H,14,15)/t7?,8?,9-/m0/s1. The van der Waals surface area contributed by atoms with Crippen molar-refractivity contribution in [1.29, 1.82) is 0 Å². The van der Waals surface area contributed by atoms with Crippen molar-refractivity contribution in [2.75, 3.05) is 13.6 Å². The van der Waals surface area contributed by atoms with Crippen molar-refractivity contribution < 1.29 is 14.7 Å². The van der Waals surface area contributed by atoms with E-state index in [1.165, 1.54) is 4.90 Å². The van der Waals surface area contributed by atoms with Crippen LogP contribution in [0.25, 0.3) is 0 Å². The number of carbonyl (C=O) groups excluding carboxylic acids is 1. The molecule has 3 atom stereocenters. The van der Waals surface area contributed by atoms with E-state index in [4.69, 9.17) is 5.11 Å². The third-order valence-corrected chi connectivity index (χ3v) is 3.31. The highest BCUT2D eigenvalue weighted by molar-refractivity contribution is 5.77. The molecular formula is C10H18N2O3. The molecular weight excluding hydrogens is 196 g/mol. The number of likely N-dealkylation sites (N-methyl/N-ethyl adjacent to an activating group) is 1. The van der Waals surface area contributed by atoms with Crippen LogP contribution in [0.5, 0.6) is 0 Å². The second kappa shape index (κ2) is 4.61. The fourth-order valence-corrected chi connectivity index (χ4v) is 2.19. The zero-order valence-corrected chi connectivity index (χ0v) is 9.38. The summed E-state index contributed by atoms with van der Waals surface area (Å²) in [7, 11) is 1.91. The molecule has 1 rings (SSSR count). The average Bonchev–Trinajstić information content (AvgIpc) is 2.20. The SMILES string of the molecule is CCC1CN(C=O)[C@H](C(=O)O)C(C)N1C. The summed E-state index contributed by atoms with van der Waals surface area (Å²) in [4.78, 5) is 25.3. The summed E-state index contributed by atoms with van der Waals surface area (Å²) in [5, 5.41) is 9.06. The Hall–Kier alpha value is -1.10. The van der Waals surface area contributed by atoms with Gasteiger partial charge in [0, 0.05) is 18.6 Å². The van der Waals surface area contributed by atoms with Crippen LogP contribution in [0.1, 0.15) is 20.3 Å². The van der Waals surface area contributed by atoms with Gasteiger partial charge in [-0.15, -0.1) is 0 Å². The Labute approximate surface area is 89.7 Å². The number of rotatable bonds is 3. The lowest BCUT2D eigenvalue weighted by Crippen LogP contribution is -2.63. The molecule has 0 spiro atoms. The van der Waals surface area contributed by atoms with Gasteiger partial charge in [-0.05, 0) is 20.4 Å². The molecule has 1 heterocycles. The highest BCUT2D eigenvalue weighted by Gasteiger charge is 2.40. The normalized spacial score (nSPS) is 32.7. The van der Waals surface area contributed by atoms with E-state index >= 15 is 0 Å². The van der Waals surface area contributed by atoms with Gasteiger partial charge in [-0.2, -0.15) is 0 Å². The molecule has 0 aromatic rings. The van der Waals surface area contributed by atoms with Gasteiger partial charge in [-0.3, -0.25) is 9.69 Å². The third-order valence-electron chi connectivity index (χ3n) is 3.31. The first-order valence-corrected chi connectivity index (χ1v) is 5.18. The van der Waals surface area contributed by atoms with E-state index in [0.29, 0.717) is 13.0 Å². The second-order valence-electron chi connectivity index (χ2n) is 4.05. The minimum Gasteiger partial charge on any atom is -0.480 e. The Kier molecular flexibility index (Phi) is 3.68. The summed E-state index contributed by atoms with van der Waals surface area (Å²) < 4.78 is 0. The molecule has 0 bridgehead atoms. The molecule has 15 heavy (non-hydrogen) atoms. The number of hydrogen-bond acceptors (Lipinski definition) is 3. The zero-order chi connectivity index (χ0) is 11.6. The zero-order valence-electron chi connectivity index (χ0n) is 9.38. The first-order valence-electron chi connectivity index (χ1n) is 5.18. The Morgan fingerprint density at radius 3 is 2.60 bits per heavy atom. The van der Waals surface area contributed by atoms with Crippen LogP contribution < -0.4 is 0 Å².